The maximum absolute atomic E-state index is 10.3. The van der Waals surface area contributed by atoms with Crippen LogP contribution in [0.1, 0.15) is 77.6 Å². The molecule has 0 heterocycles. The van der Waals surface area contributed by atoms with Crippen molar-refractivity contribution in [1.82, 2.24) is 0 Å². The third-order valence-corrected chi connectivity index (χ3v) is 3.50. The zero-order valence-corrected chi connectivity index (χ0v) is 13.5. The molecule has 0 aromatic carbocycles. The highest BCUT2D eigenvalue weighted by Gasteiger charge is 1.96. The molecule has 0 aromatic heterocycles. The molecule has 0 fully saturated rings. The van der Waals surface area contributed by atoms with Gasteiger partial charge in [-0.25, -0.2) is 0 Å². The van der Waals surface area contributed by atoms with Crippen molar-refractivity contribution in [3.63, 3.8) is 0 Å². The average Bonchev–Trinajstić information content (AvgIpc) is 2.46. The number of hydrogen-bond acceptors (Lipinski definition) is 2. The molecule has 0 aromatic rings. The molecule has 0 aliphatic carbocycles. The lowest BCUT2D eigenvalue weighted by Gasteiger charge is -2.03. The summed E-state index contributed by atoms with van der Waals surface area (Å²) in [5.41, 5.74) is 0. The molecular weight excluding hydrogens is 264 g/mol. The van der Waals surface area contributed by atoms with Gasteiger partial charge in [0.25, 0.3) is 0 Å². The first-order valence-corrected chi connectivity index (χ1v) is 8.36. The van der Waals surface area contributed by atoms with E-state index in [1.54, 1.807) is 0 Å². The van der Waals surface area contributed by atoms with E-state index in [2.05, 4.69) is 24.3 Å². The summed E-state index contributed by atoms with van der Waals surface area (Å²) in [7, 11) is 0. The summed E-state index contributed by atoms with van der Waals surface area (Å²) >= 11 is 0. The van der Waals surface area contributed by atoms with Crippen molar-refractivity contribution < 1.29 is 15.0 Å². The molecule has 3 heteroatoms. The molecule has 0 bridgehead atoms. The van der Waals surface area contributed by atoms with Crippen LogP contribution in [-0.2, 0) is 4.79 Å². The smallest absolute Gasteiger partial charge is 0.303 e. The molecule has 0 amide bonds. The SMILES string of the molecule is CCC(O)CC/C=C\C/C=C\CCCCCCCC(=O)O. The Morgan fingerprint density at radius 3 is 2.24 bits per heavy atom. The lowest BCUT2D eigenvalue weighted by Crippen LogP contribution is -2.02. The van der Waals surface area contributed by atoms with Crippen LogP contribution in [0.4, 0.5) is 0 Å². The number of hydrogen-bond donors (Lipinski definition) is 2. The van der Waals surface area contributed by atoms with Crippen LogP contribution in [0, 0.1) is 0 Å². The van der Waals surface area contributed by atoms with Crippen molar-refractivity contribution in [3.8, 4) is 0 Å². The first kappa shape index (κ1) is 19.9. The zero-order chi connectivity index (χ0) is 15.8. The molecule has 0 aliphatic heterocycles. The molecule has 1 atom stereocenters. The summed E-state index contributed by atoms with van der Waals surface area (Å²) in [5.74, 6) is -0.685. The molecular formula is C18H32O3. The Kier molecular flexibility index (Phi) is 14.5. The third kappa shape index (κ3) is 16.9. The minimum Gasteiger partial charge on any atom is -0.481 e. The fraction of sp³-hybridized carbons (Fsp3) is 0.722. The van der Waals surface area contributed by atoms with Gasteiger partial charge in [-0.2, -0.15) is 0 Å². The Morgan fingerprint density at radius 1 is 0.952 bits per heavy atom. The minimum absolute atomic E-state index is 0.152. The fourth-order valence-corrected chi connectivity index (χ4v) is 2.07. The number of carboxylic acid groups (broad SMARTS) is 1. The van der Waals surface area contributed by atoms with Crippen LogP contribution in [0.5, 0.6) is 0 Å². The number of aliphatic hydroxyl groups is 1. The summed E-state index contributed by atoms with van der Waals surface area (Å²) in [5, 5.41) is 17.9. The van der Waals surface area contributed by atoms with Crippen molar-refractivity contribution >= 4 is 5.97 Å². The lowest BCUT2D eigenvalue weighted by molar-refractivity contribution is -0.137. The van der Waals surface area contributed by atoms with Crippen LogP contribution >= 0.6 is 0 Å². The van der Waals surface area contributed by atoms with Gasteiger partial charge in [0.05, 0.1) is 6.10 Å². The van der Waals surface area contributed by atoms with Crippen molar-refractivity contribution in [2.24, 2.45) is 0 Å². The summed E-state index contributed by atoms with van der Waals surface area (Å²) in [6.45, 7) is 2.00. The fourth-order valence-electron chi connectivity index (χ4n) is 2.07. The monoisotopic (exact) mass is 296 g/mol. The second kappa shape index (κ2) is 15.3. The highest BCUT2D eigenvalue weighted by molar-refractivity contribution is 5.66. The van der Waals surface area contributed by atoms with Gasteiger partial charge in [-0.05, 0) is 44.9 Å². The zero-order valence-electron chi connectivity index (χ0n) is 13.5. The standard InChI is InChI=1S/C18H32O3/c1-2-17(19)15-13-11-9-7-5-3-4-6-8-10-12-14-16-18(20)21/h3,5,9,11,17,19H,2,4,6-8,10,12-16H2,1H3,(H,20,21)/b5-3-,11-9-. The Bertz CT molecular complexity index is 295. The van der Waals surface area contributed by atoms with Crippen LogP contribution in [0.2, 0.25) is 0 Å². The van der Waals surface area contributed by atoms with Crippen LogP contribution in [0.25, 0.3) is 0 Å². The first-order chi connectivity index (χ1) is 10.2. The summed E-state index contributed by atoms with van der Waals surface area (Å²) < 4.78 is 0. The van der Waals surface area contributed by atoms with Gasteiger partial charge in [0.15, 0.2) is 0 Å². The van der Waals surface area contributed by atoms with E-state index in [1.807, 2.05) is 6.92 Å². The molecule has 122 valence electrons. The predicted octanol–water partition coefficient (Wildman–Crippen LogP) is 4.86. The third-order valence-electron chi connectivity index (χ3n) is 3.50. The van der Waals surface area contributed by atoms with Gasteiger partial charge in [-0.1, -0.05) is 50.5 Å². The van der Waals surface area contributed by atoms with Gasteiger partial charge in [-0.3, -0.25) is 4.79 Å². The van der Waals surface area contributed by atoms with Crippen molar-refractivity contribution in [2.75, 3.05) is 0 Å². The molecule has 0 saturated carbocycles. The number of rotatable bonds is 14. The van der Waals surface area contributed by atoms with E-state index in [9.17, 15) is 9.90 Å². The van der Waals surface area contributed by atoms with E-state index in [4.69, 9.17) is 5.11 Å². The molecule has 0 spiro atoms. The molecule has 0 saturated heterocycles. The Labute approximate surface area is 129 Å². The first-order valence-electron chi connectivity index (χ1n) is 8.36. The van der Waals surface area contributed by atoms with Gasteiger partial charge in [0, 0.05) is 6.42 Å². The summed E-state index contributed by atoms with van der Waals surface area (Å²) in [4.78, 5) is 10.3. The molecule has 1 unspecified atom stereocenters. The maximum atomic E-state index is 10.3. The van der Waals surface area contributed by atoms with E-state index >= 15 is 0 Å². The number of carbonyl (C=O) groups is 1. The second-order valence-corrected chi connectivity index (χ2v) is 5.52. The van der Waals surface area contributed by atoms with Crippen molar-refractivity contribution in [3.05, 3.63) is 24.3 Å². The van der Waals surface area contributed by atoms with Crippen LogP contribution < -0.4 is 0 Å². The Morgan fingerprint density at radius 2 is 1.57 bits per heavy atom. The van der Waals surface area contributed by atoms with Gasteiger partial charge >= 0.3 is 5.97 Å². The van der Waals surface area contributed by atoms with Crippen LogP contribution in [0.15, 0.2) is 24.3 Å². The second-order valence-electron chi connectivity index (χ2n) is 5.52. The summed E-state index contributed by atoms with van der Waals surface area (Å²) in [6, 6.07) is 0. The number of unbranched alkanes of at least 4 members (excludes halogenated alkanes) is 5. The van der Waals surface area contributed by atoms with Crippen LogP contribution in [-0.4, -0.2) is 22.3 Å². The number of carboxylic acids is 1. The van der Waals surface area contributed by atoms with E-state index in [-0.39, 0.29) is 6.10 Å². The topological polar surface area (TPSA) is 57.5 Å². The maximum Gasteiger partial charge on any atom is 0.303 e. The van der Waals surface area contributed by atoms with E-state index in [1.165, 1.54) is 12.8 Å². The van der Waals surface area contributed by atoms with Gasteiger partial charge in [0.2, 0.25) is 0 Å². The molecule has 0 radical (unpaired) electrons. The Hall–Kier alpha value is -1.09. The normalized spacial score (nSPS) is 13.2. The number of aliphatic hydroxyl groups excluding tert-OH is 1. The van der Waals surface area contributed by atoms with Gasteiger partial charge < -0.3 is 10.2 Å². The van der Waals surface area contributed by atoms with E-state index in [0.29, 0.717) is 6.42 Å². The van der Waals surface area contributed by atoms with Gasteiger partial charge in [-0.15, -0.1) is 0 Å². The number of aliphatic carboxylic acids is 1. The molecule has 2 N–H and O–H groups in total. The molecule has 0 rings (SSSR count). The molecule has 3 nitrogen and oxygen atoms in total. The highest BCUT2D eigenvalue weighted by Crippen LogP contribution is 2.08. The van der Waals surface area contributed by atoms with Crippen molar-refractivity contribution in [1.29, 1.82) is 0 Å². The molecule has 0 aliphatic rings. The average molecular weight is 296 g/mol. The minimum atomic E-state index is -0.685. The predicted molar refractivity (Wildman–Crippen MR) is 88.4 cm³/mol. The van der Waals surface area contributed by atoms with Crippen molar-refractivity contribution in [2.45, 2.75) is 83.7 Å². The summed E-state index contributed by atoms with van der Waals surface area (Å²) in [6.07, 6.45) is 19.0. The molecule has 21 heavy (non-hydrogen) atoms. The largest absolute Gasteiger partial charge is 0.481 e. The highest BCUT2D eigenvalue weighted by atomic mass is 16.4. The van der Waals surface area contributed by atoms with Gasteiger partial charge in [0.1, 0.15) is 0 Å². The Balaban J connectivity index is 3.25. The lowest BCUT2D eigenvalue weighted by atomic mass is 10.1. The quantitative estimate of drug-likeness (QED) is 0.355. The van der Waals surface area contributed by atoms with Crippen LogP contribution in [0.3, 0.4) is 0 Å². The van der Waals surface area contributed by atoms with E-state index < -0.39 is 5.97 Å². The number of allylic oxidation sites excluding steroid dienone is 4. The van der Waals surface area contributed by atoms with E-state index in [0.717, 1.165) is 51.4 Å².